The van der Waals surface area contributed by atoms with E-state index in [-0.39, 0.29) is 11.4 Å². The second kappa shape index (κ2) is 4.66. The SMILES string of the molecule is Fc1ccc(C=CCCl)c(C(F)(F)F)c1. The average molecular weight is 239 g/mol. The minimum Gasteiger partial charge on any atom is -0.207 e. The van der Waals surface area contributed by atoms with E-state index < -0.39 is 17.6 Å². The van der Waals surface area contributed by atoms with Crippen LogP contribution in [0.3, 0.4) is 0 Å². The van der Waals surface area contributed by atoms with E-state index in [1.165, 1.54) is 12.2 Å². The molecule has 0 atom stereocenters. The molecule has 0 nitrogen and oxygen atoms in total. The molecule has 0 aliphatic carbocycles. The van der Waals surface area contributed by atoms with E-state index in [1.54, 1.807) is 0 Å². The maximum Gasteiger partial charge on any atom is 0.417 e. The minimum absolute atomic E-state index is 0.0930. The summed E-state index contributed by atoms with van der Waals surface area (Å²) in [5.74, 6) is -0.806. The maximum absolute atomic E-state index is 12.6. The molecule has 0 saturated carbocycles. The molecule has 0 fully saturated rings. The van der Waals surface area contributed by atoms with Crippen molar-refractivity contribution in [3.63, 3.8) is 0 Å². The lowest BCUT2D eigenvalue weighted by Gasteiger charge is -2.09. The molecule has 0 heterocycles. The summed E-state index contributed by atoms with van der Waals surface area (Å²) < 4.78 is 49.9. The van der Waals surface area contributed by atoms with Crippen LogP contribution in [0.2, 0.25) is 0 Å². The van der Waals surface area contributed by atoms with E-state index in [0.717, 1.165) is 12.1 Å². The van der Waals surface area contributed by atoms with Gasteiger partial charge in [-0.25, -0.2) is 4.39 Å². The monoisotopic (exact) mass is 238 g/mol. The van der Waals surface area contributed by atoms with Gasteiger partial charge in [-0.05, 0) is 17.7 Å². The van der Waals surface area contributed by atoms with Gasteiger partial charge >= 0.3 is 6.18 Å². The molecule has 5 heteroatoms. The van der Waals surface area contributed by atoms with Crippen molar-refractivity contribution in [2.75, 3.05) is 5.88 Å². The minimum atomic E-state index is -4.56. The molecule has 0 bridgehead atoms. The summed E-state index contributed by atoms with van der Waals surface area (Å²) in [5.41, 5.74) is -1.09. The third-order valence-corrected chi connectivity index (χ3v) is 1.89. The predicted octanol–water partition coefficient (Wildman–Crippen LogP) is 4.10. The quantitative estimate of drug-likeness (QED) is 0.538. The van der Waals surface area contributed by atoms with E-state index in [2.05, 4.69) is 0 Å². The lowest BCUT2D eigenvalue weighted by Crippen LogP contribution is -2.07. The Morgan fingerprint density at radius 2 is 1.93 bits per heavy atom. The number of hydrogen-bond acceptors (Lipinski definition) is 0. The van der Waals surface area contributed by atoms with Crippen molar-refractivity contribution >= 4 is 17.7 Å². The fourth-order valence-electron chi connectivity index (χ4n) is 1.09. The van der Waals surface area contributed by atoms with E-state index in [9.17, 15) is 17.6 Å². The maximum atomic E-state index is 12.6. The van der Waals surface area contributed by atoms with Crippen molar-refractivity contribution < 1.29 is 17.6 Å². The zero-order valence-corrected chi connectivity index (χ0v) is 8.24. The Balaban J connectivity index is 3.21. The van der Waals surface area contributed by atoms with Crippen LogP contribution in [0.1, 0.15) is 11.1 Å². The lowest BCUT2D eigenvalue weighted by atomic mass is 10.1. The van der Waals surface area contributed by atoms with Crippen molar-refractivity contribution in [1.29, 1.82) is 0 Å². The Labute approximate surface area is 89.2 Å². The van der Waals surface area contributed by atoms with E-state index in [1.807, 2.05) is 0 Å². The highest BCUT2D eigenvalue weighted by Gasteiger charge is 2.33. The van der Waals surface area contributed by atoms with Gasteiger partial charge in [0.15, 0.2) is 0 Å². The van der Waals surface area contributed by atoms with Crippen LogP contribution >= 0.6 is 11.6 Å². The van der Waals surface area contributed by atoms with Crippen LogP contribution in [0.15, 0.2) is 24.3 Å². The lowest BCUT2D eigenvalue weighted by molar-refractivity contribution is -0.137. The van der Waals surface area contributed by atoms with Crippen LogP contribution in [0.5, 0.6) is 0 Å². The standard InChI is InChI=1S/C10H7ClF4/c11-5-1-2-7-3-4-8(12)6-9(7)10(13,14)15/h1-4,6H,5H2. The van der Waals surface area contributed by atoms with Gasteiger partial charge in [-0.15, -0.1) is 11.6 Å². The zero-order chi connectivity index (χ0) is 11.5. The van der Waals surface area contributed by atoms with E-state index >= 15 is 0 Å². The van der Waals surface area contributed by atoms with Crippen LogP contribution in [-0.4, -0.2) is 5.88 Å². The molecule has 0 unspecified atom stereocenters. The molecule has 0 aromatic heterocycles. The molecular weight excluding hydrogens is 232 g/mol. The van der Waals surface area contributed by atoms with Crippen molar-refractivity contribution in [3.8, 4) is 0 Å². The summed E-state index contributed by atoms with van der Waals surface area (Å²) >= 11 is 5.31. The summed E-state index contributed by atoms with van der Waals surface area (Å²) in [6.45, 7) is 0. The predicted molar refractivity (Wildman–Crippen MR) is 51.2 cm³/mol. The number of benzene rings is 1. The second-order valence-corrected chi connectivity index (χ2v) is 3.09. The van der Waals surface area contributed by atoms with Crippen LogP contribution in [0.25, 0.3) is 6.08 Å². The van der Waals surface area contributed by atoms with Crippen LogP contribution in [0, 0.1) is 5.82 Å². The highest BCUT2D eigenvalue weighted by molar-refractivity contribution is 6.19. The van der Waals surface area contributed by atoms with Gasteiger partial charge < -0.3 is 0 Å². The van der Waals surface area contributed by atoms with Crippen LogP contribution in [-0.2, 0) is 6.18 Å². The smallest absolute Gasteiger partial charge is 0.207 e. The number of hydrogen-bond donors (Lipinski definition) is 0. The molecule has 0 aliphatic heterocycles. The number of halogens is 5. The van der Waals surface area contributed by atoms with Crippen molar-refractivity contribution in [1.82, 2.24) is 0 Å². The number of allylic oxidation sites excluding steroid dienone is 1. The molecule has 1 aromatic carbocycles. The molecule has 0 saturated heterocycles. The molecule has 0 amide bonds. The topological polar surface area (TPSA) is 0 Å². The Hall–Kier alpha value is -1.03. The Morgan fingerprint density at radius 3 is 2.47 bits per heavy atom. The number of rotatable bonds is 2. The molecule has 15 heavy (non-hydrogen) atoms. The fourth-order valence-corrected chi connectivity index (χ4v) is 1.18. The molecule has 0 spiro atoms. The summed E-state index contributed by atoms with van der Waals surface area (Å²) in [6, 6.07) is 2.51. The zero-order valence-electron chi connectivity index (χ0n) is 7.48. The first kappa shape index (κ1) is 12.0. The van der Waals surface area contributed by atoms with Gasteiger partial charge in [0.25, 0.3) is 0 Å². The molecule has 0 N–H and O–H groups in total. The highest BCUT2D eigenvalue weighted by Crippen LogP contribution is 2.33. The highest BCUT2D eigenvalue weighted by atomic mass is 35.5. The van der Waals surface area contributed by atoms with Crippen molar-refractivity contribution in [2.45, 2.75) is 6.18 Å². The number of alkyl halides is 4. The fraction of sp³-hybridized carbons (Fsp3) is 0.200. The summed E-state index contributed by atoms with van der Waals surface area (Å²) in [5, 5.41) is 0. The molecular formula is C10H7ClF4. The van der Waals surface area contributed by atoms with Gasteiger partial charge in [-0.2, -0.15) is 13.2 Å². The largest absolute Gasteiger partial charge is 0.417 e. The van der Waals surface area contributed by atoms with Crippen molar-refractivity contribution in [2.24, 2.45) is 0 Å². The average Bonchev–Trinajstić information content (AvgIpc) is 2.14. The summed E-state index contributed by atoms with van der Waals surface area (Å²) in [6.07, 6.45) is -1.98. The summed E-state index contributed by atoms with van der Waals surface area (Å²) in [7, 11) is 0. The Bertz CT molecular complexity index is 368. The van der Waals surface area contributed by atoms with Crippen LogP contribution in [0.4, 0.5) is 17.6 Å². The molecule has 0 aliphatic rings. The molecule has 1 rings (SSSR count). The van der Waals surface area contributed by atoms with E-state index in [4.69, 9.17) is 11.6 Å². The Morgan fingerprint density at radius 1 is 1.27 bits per heavy atom. The van der Waals surface area contributed by atoms with Gasteiger partial charge in [0.05, 0.1) is 5.56 Å². The molecule has 82 valence electrons. The van der Waals surface area contributed by atoms with Gasteiger partial charge in [0.2, 0.25) is 0 Å². The summed E-state index contributed by atoms with van der Waals surface area (Å²) in [4.78, 5) is 0. The van der Waals surface area contributed by atoms with Gasteiger partial charge in [-0.3, -0.25) is 0 Å². The van der Waals surface area contributed by atoms with Crippen LogP contribution < -0.4 is 0 Å². The molecule has 1 aromatic rings. The van der Waals surface area contributed by atoms with Gasteiger partial charge in [-0.1, -0.05) is 18.2 Å². The third kappa shape index (κ3) is 3.23. The van der Waals surface area contributed by atoms with Crippen molar-refractivity contribution in [3.05, 3.63) is 41.2 Å². The first-order valence-electron chi connectivity index (χ1n) is 4.04. The Kier molecular flexibility index (Phi) is 3.74. The third-order valence-electron chi connectivity index (χ3n) is 1.71. The normalized spacial score (nSPS) is 12.3. The van der Waals surface area contributed by atoms with Gasteiger partial charge in [0.1, 0.15) is 5.82 Å². The second-order valence-electron chi connectivity index (χ2n) is 2.79. The first-order chi connectivity index (χ1) is 6.95. The first-order valence-corrected chi connectivity index (χ1v) is 4.58. The van der Waals surface area contributed by atoms with E-state index in [0.29, 0.717) is 6.07 Å². The van der Waals surface area contributed by atoms with Gasteiger partial charge in [0, 0.05) is 5.88 Å². The molecule has 0 radical (unpaired) electrons.